The van der Waals surface area contributed by atoms with Gasteiger partial charge >= 0.3 is 0 Å². The van der Waals surface area contributed by atoms with Crippen molar-refractivity contribution >= 4 is 5.91 Å². The Balaban J connectivity index is 2.56. The molecule has 0 radical (unpaired) electrons. The summed E-state index contributed by atoms with van der Waals surface area (Å²) in [7, 11) is 0. The molecule has 1 rings (SSSR count). The summed E-state index contributed by atoms with van der Waals surface area (Å²) < 4.78 is 4.83. The number of hydrogen-bond acceptors (Lipinski definition) is 3. The molecule has 4 nitrogen and oxygen atoms in total. The van der Waals surface area contributed by atoms with Crippen molar-refractivity contribution in [1.82, 2.24) is 5.01 Å². The van der Waals surface area contributed by atoms with Crippen molar-refractivity contribution in [2.24, 2.45) is 5.84 Å². The molecule has 0 bridgehead atoms. The number of carbonyl (C=O) groups excluding carboxylic acids is 1. The molecule has 2 N–H and O–H groups in total. The van der Waals surface area contributed by atoms with Gasteiger partial charge in [-0.3, -0.25) is 9.80 Å². The van der Waals surface area contributed by atoms with Crippen LogP contribution >= 0.6 is 0 Å². The molecule has 1 aliphatic rings. The SMILES string of the molecule is CC1OCC(=O)N1N. The average molecular weight is 116 g/mol. The first kappa shape index (κ1) is 5.53. The first-order valence-electron chi connectivity index (χ1n) is 2.40. The van der Waals surface area contributed by atoms with Crippen LogP contribution in [0.2, 0.25) is 0 Å². The molecule has 1 aliphatic heterocycles. The van der Waals surface area contributed by atoms with Gasteiger partial charge in [0.1, 0.15) is 12.8 Å². The minimum atomic E-state index is -0.248. The number of ether oxygens (including phenoxy) is 1. The average Bonchev–Trinajstić information content (AvgIpc) is 1.98. The minimum Gasteiger partial charge on any atom is -0.347 e. The molecule has 0 aromatic rings. The quantitative estimate of drug-likeness (QED) is 0.328. The standard InChI is InChI=1S/C4H8N2O2/c1-3-6(5)4(7)2-8-3/h3H,2,5H2,1H3. The second-order valence-electron chi connectivity index (χ2n) is 1.71. The van der Waals surface area contributed by atoms with E-state index in [9.17, 15) is 4.79 Å². The summed E-state index contributed by atoms with van der Waals surface area (Å²) >= 11 is 0. The number of hydrazine groups is 1. The molecule has 1 saturated heterocycles. The molecule has 0 saturated carbocycles. The summed E-state index contributed by atoms with van der Waals surface area (Å²) in [5, 5.41) is 1.08. The third kappa shape index (κ3) is 0.677. The molecule has 1 fully saturated rings. The number of nitrogens with zero attached hydrogens (tertiary/aromatic N) is 1. The Hall–Kier alpha value is -0.610. The Bertz CT molecular complexity index is 115. The topological polar surface area (TPSA) is 55.6 Å². The molecule has 0 aromatic heterocycles. The van der Waals surface area contributed by atoms with E-state index in [1.54, 1.807) is 6.92 Å². The summed E-state index contributed by atoms with van der Waals surface area (Å²) in [6, 6.07) is 0. The zero-order valence-corrected chi connectivity index (χ0v) is 4.63. The second kappa shape index (κ2) is 1.72. The Morgan fingerprint density at radius 3 is 2.75 bits per heavy atom. The maximum Gasteiger partial charge on any atom is 0.264 e. The van der Waals surface area contributed by atoms with Gasteiger partial charge in [0.2, 0.25) is 0 Å². The number of rotatable bonds is 0. The molecular weight excluding hydrogens is 108 g/mol. The van der Waals surface area contributed by atoms with E-state index in [1.807, 2.05) is 0 Å². The van der Waals surface area contributed by atoms with Gasteiger partial charge in [0, 0.05) is 0 Å². The molecule has 4 heteroatoms. The zero-order chi connectivity index (χ0) is 6.15. The first-order chi connectivity index (χ1) is 3.72. The zero-order valence-electron chi connectivity index (χ0n) is 4.63. The van der Waals surface area contributed by atoms with Crippen LogP contribution in [-0.4, -0.2) is 23.8 Å². The molecule has 8 heavy (non-hydrogen) atoms. The smallest absolute Gasteiger partial charge is 0.264 e. The van der Waals surface area contributed by atoms with Gasteiger partial charge in [-0.25, -0.2) is 5.84 Å². The van der Waals surface area contributed by atoms with E-state index in [4.69, 9.17) is 10.6 Å². The molecule has 0 spiro atoms. The molecule has 0 aliphatic carbocycles. The highest BCUT2D eigenvalue weighted by Crippen LogP contribution is 2.03. The minimum absolute atomic E-state index is 0.123. The maximum atomic E-state index is 10.5. The van der Waals surface area contributed by atoms with E-state index in [0.29, 0.717) is 0 Å². The predicted octanol–water partition coefficient (Wildman–Crippen LogP) is -0.935. The third-order valence-electron chi connectivity index (χ3n) is 1.13. The molecule has 1 amide bonds. The van der Waals surface area contributed by atoms with Crippen molar-refractivity contribution in [3.05, 3.63) is 0 Å². The molecule has 1 heterocycles. The van der Waals surface area contributed by atoms with E-state index >= 15 is 0 Å². The lowest BCUT2D eigenvalue weighted by Crippen LogP contribution is -2.38. The second-order valence-corrected chi connectivity index (χ2v) is 1.71. The molecule has 1 atom stereocenters. The Morgan fingerprint density at radius 2 is 2.62 bits per heavy atom. The summed E-state index contributed by atoms with van der Waals surface area (Å²) in [5.74, 6) is 5.03. The molecular formula is C4H8N2O2. The van der Waals surface area contributed by atoms with Gasteiger partial charge in [-0.1, -0.05) is 0 Å². The largest absolute Gasteiger partial charge is 0.347 e. The highest BCUT2D eigenvalue weighted by Gasteiger charge is 2.24. The number of amides is 1. The van der Waals surface area contributed by atoms with Crippen LogP contribution in [-0.2, 0) is 9.53 Å². The fourth-order valence-corrected chi connectivity index (χ4v) is 0.550. The van der Waals surface area contributed by atoms with Crippen LogP contribution in [0.25, 0.3) is 0 Å². The van der Waals surface area contributed by atoms with Crippen molar-refractivity contribution in [3.8, 4) is 0 Å². The summed E-state index contributed by atoms with van der Waals surface area (Å²) in [5.41, 5.74) is 0. The lowest BCUT2D eigenvalue weighted by Gasteiger charge is -2.10. The number of nitrogens with two attached hydrogens (primary N) is 1. The highest BCUT2D eigenvalue weighted by atomic mass is 16.5. The van der Waals surface area contributed by atoms with Crippen LogP contribution in [0.4, 0.5) is 0 Å². The molecule has 46 valence electrons. The van der Waals surface area contributed by atoms with E-state index in [0.717, 1.165) is 5.01 Å². The summed E-state index contributed by atoms with van der Waals surface area (Å²) in [6.07, 6.45) is -0.248. The first-order valence-corrected chi connectivity index (χ1v) is 2.40. The van der Waals surface area contributed by atoms with Gasteiger partial charge in [0.15, 0.2) is 0 Å². The van der Waals surface area contributed by atoms with Crippen LogP contribution in [0, 0.1) is 0 Å². The highest BCUT2D eigenvalue weighted by molar-refractivity contribution is 5.78. The van der Waals surface area contributed by atoms with E-state index in [2.05, 4.69) is 0 Å². The lowest BCUT2D eigenvalue weighted by atomic mass is 10.6. The summed E-state index contributed by atoms with van der Waals surface area (Å²) in [4.78, 5) is 10.5. The lowest BCUT2D eigenvalue weighted by molar-refractivity contribution is -0.127. The number of carbonyl (C=O) groups is 1. The van der Waals surface area contributed by atoms with E-state index in [-0.39, 0.29) is 18.7 Å². The van der Waals surface area contributed by atoms with Crippen molar-refractivity contribution in [2.45, 2.75) is 13.2 Å². The third-order valence-corrected chi connectivity index (χ3v) is 1.13. The Morgan fingerprint density at radius 1 is 2.00 bits per heavy atom. The van der Waals surface area contributed by atoms with Gasteiger partial charge in [0.05, 0.1) is 0 Å². The van der Waals surface area contributed by atoms with Crippen LogP contribution in [0.1, 0.15) is 6.92 Å². The van der Waals surface area contributed by atoms with Crippen molar-refractivity contribution in [2.75, 3.05) is 6.61 Å². The maximum absolute atomic E-state index is 10.5. The van der Waals surface area contributed by atoms with Crippen molar-refractivity contribution < 1.29 is 9.53 Å². The summed E-state index contributed by atoms with van der Waals surface area (Å²) in [6.45, 7) is 1.85. The van der Waals surface area contributed by atoms with E-state index < -0.39 is 0 Å². The van der Waals surface area contributed by atoms with Gasteiger partial charge in [-0.2, -0.15) is 0 Å². The Kier molecular flexibility index (Phi) is 1.19. The van der Waals surface area contributed by atoms with Crippen LogP contribution in [0.15, 0.2) is 0 Å². The monoisotopic (exact) mass is 116 g/mol. The fourth-order valence-electron chi connectivity index (χ4n) is 0.550. The van der Waals surface area contributed by atoms with E-state index in [1.165, 1.54) is 0 Å². The van der Waals surface area contributed by atoms with Gasteiger partial charge < -0.3 is 4.74 Å². The van der Waals surface area contributed by atoms with Crippen LogP contribution in [0.5, 0.6) is 0 Å². The van der Waals surface area contributed by atoms with Gasteiger partial charge in [0.25, 0.3) is 5.91 Å². The van der Waals surface area contributed by atoms with Crippen molar-refractivity contribution in [3.63, 3.8) is 0 Å². The van der Waals surface area contributed by atoms with Crippen LogP contribution in [0.3, 0.4) is 0 Å². The van der Waals surface area contributed by atoms with Gasteiger partial charge in [-0.15, -0.1) is 0 Å². The molecule has 1 unspecified atom stereocenters. The number of hydrogen-bond donors (Lipinski definition) is 1. The molecule has 0 aromatic carbocycles. The normalized spacial score (nSPS) is 29.5. The Labute approximate surface area is 47.2 Å². The van der Waals surface area contributed by atoms with Crippen LogP contribution < -0.4 is 5.84 Å². The fraction of sp³-hybridized carbons (Fsp3) is 0.750. The van der Waals surface area contributed by atoms with Gasteiger partial charge in [-0.05, 0) is 6.92 Å². The van der Waals surface area contributed by atoms with Crippen molar-refractivity contribution in [1.29, 1.82) is 0 Å². The predicted molar refractivity (Wildman–Crippen MR) is 26.4 cm³/mol.